The molecule has 2 aromatic carbocycles. The van der Waals surface area contributed by atoms with E-state index in [1.807, 2.05) is 0 Å². The van der Waals surface area contributed by atoms with Crippen LogP contribution in [-0.2, 0) is 6.18 Å². The summed E-state index contributed by atoms with van der Waals surface area (Å²) in [5.41, 5.74) is -1.85. The first-order valence-corrected chi connectivity index (χ1v) is 14.6. The molecule has 4 saturated carbocycles. The molecule has 1 heterocycles. The Balaban J connectivity index is 1.27. The zero-order valence-electron chi connectivity index (χ0n) is 21.4. The molecule has 0 saturated heterocycles. The predicted molar refractivity (Wildman–Crippen MR) is 150 cm³/mol. The summed E-state index contributed by atoms with van der Waals surface area (Å²) in [6, 6.07) is 10.7. The van der Waals surface area contributed by atoms with Gasteiger partial charge in [-0.2, -0.15) is 18.3 Å². The number of benzene rings is 2. The number of rotatable bonds is 7. The number of alkyl halides is 3. The molecule has 1 aromatic heterocycles. The van der Waals surface area contributed by atoms with Crippen molar-refractivity contribution in [1.82, 2.24) is 20.4 Å². The zero-order valence-corrected chi connectivity index (χ0v) is 23.7. The minimum Gasteiger partial charge on any atom is -0.349 e. The number of hydrogen-bond acceptors (Lipinski definition) is 3. The average molecular weight is 612 g/mol. The smallest absolute Gasteiger partial charge is 0.349 e. The van der Waals surface area contributed by atoms with Crippen LogP contribution in [0.1, 0.15) is 48.2 Å². The summed E-state index contributed by atoms with van der Waals surface area (Å²) in [4.78, 5) is 13.2. The van der Waals surface area contributed by atoms with Gasteiger partial charge >= 0.3 is 6.18 Å². The molecule has 4 aliphatic rings. The first-order valence-electron chi connectivity index (χ1n) is 13.5. The van der Waals surface area contributed by atoms with E-state index in [0.29, 0.717) is 34.5 Å². The standard InChI is InChI=1S/C29H28Cl3F3N4O/c30-20-3-1-17(2-4-20)27-24(29(33,34)35)26(38-39(27)23-6-5-21(31)14-22(23)32)28(40)37-8-7-36-25-18-10-15-9-16(12-18)13-19(25)11-15/h1-6,14-16,18-19,25,36H,7-13H2,(H,37,40). The fourth-order valence-corrected chi connectivity index (χ4v) is 7.92. The maximum absolute atomic E-state index is 14.6. The molecule has 3 aromatic rings. The topological polar surface area (TPSA) is 59.0 Å². The first kappa shape index (κ1) is 27.9. The second-order valence-electron chi connectivity index (χ2n) is 11.3. The lowest BCUT2D eigenvalue weighted by atomic mass is 9.54. The molecule has 212 valence electrons. The number of nitrogens with one attached hydrogen (secondary N) is 2. The van der Waals surface area contributed by atoms with Gasteiger partial charge in [-0.3, -0.25) is 4.79 Å². The zero-order chi connectivity index (χ0) is 28.2. The molecule has 0 atom stereocenters. The normalized spacial score (nSPS) is 25.4. The molecule has 4 bridgehead atoms. The molecule has 1 amide bonds. The van der Waals surface area contributed by atoms with E-state index in [1.54, 1.807) is 0 Å². The van der Waals surface area contributed by atoms with Crippen LogP contribution in [0, 0.1) is 23.7 Å². The molecule has 2 N–H and O–H groups in total. The number of amides is 1. The largest absolute Gasteiger partial charge is 0.420 e. The van der Waals surface area contributed by atoms with Gasteiger partial charge in [0.2, 0.25) is 0 Å². The highest BCUT2D eigenvalue weighted by molar-refractivity contribution is 6.35. The van der Waals surface area contributed by atoms with Gasteiger partial charge in [-0.15, -0.1) is 0 Å². The molecule has 0 unspecified atom stereocenters. The molecule has 40 heavy (non-hydrogen) atoms. The predicted octanol–water partition coefficient (Wildman–Crippen LogP) is 7.66. The number of aromatic nitrogens is 2. The van der Waals surface area contributed by atoms with Crippen LogP contribution in [0.2, 0.25) is 15.1 Å². The Bertz CT molecular complexity index is 1400. The third kappa shape index (κ3) is 5.36. The van der Waals surface area contributed by atoms with Gasteiger partial charge in [0.15, 0.2) is 5.69 Å². The molecule has 5 nitrogen and oxygen atoms in total. The van der Waals surface area contributed by atoms with Crippen LogP contribution in [0.3, 0.4) is 0 Å². The Hall–Kier alpha value is -2.26. The van der Waals surface area contributed by atoms with Crippen molar-refractivity contribution in [2.24, 2.45) is 23.7 Å². The monoisotopic (exact) mass is 610 g/mol. The molecule has 4 aliphatic carbocycles. The summed E-state index contributed by atoms with van der Waals surface area (Å²) in [6.45, 7) is 0.664. The summed E-state index contributed by atoms with van der Waals surface area (Å²) in [6.07, 6.45) is 1.50. The minimum absolute atomic E-state index is 0.0887. The van der Waals surface area contributed by atoms with E-state index in [1.165, 1.54) is 74.6 Å². The van der Waals surface area contributed by atoms with Crippen LogP contribution in [0.4, 0.5) is 13.2 Å². The van der Waals surface area contributed by atoms with E-state index in [0.717, 1.165) is 16.5 Å². The summed E-state index contributed by atoms with van der Waals surface area (Å²) < 4.78 is 44.8. The van der Waals surface area contributed by atoms with E-state index in [4.69, 9.17) is 34.8 Å². The SMILES string of the molecule is O=C(NCCNC1C2CC3CC(C2)CC1C3)c1nn(-c2ccc(Cl)cc2Cl)c(-c2ccc(Cl)cc2)c1C(F)(F)F. The minimum atomic E-state index is -4.88. The lowest BCUT2D eigenvalue weighted by molar-refractivity contribution is -0.137. The van der Waals surface area contributed by atoms with E-state index in [2.05, 4.69) is 15.7 Å². The quantitative estimate of drug-likeness (QED) is 0.270. The van der Waals surface area contributed by atoms with Crippen LogP contribution < -0.4 is 10.6 Å². The highest BCUT2D eigenvalue weighted by Crippen LogP contribution is 2.53. The van der Waals surface area contributed by atoms with E-state index in [-0.39, 0.29) is 28.5 Å². The van der Waals surface area contributed by atoms with Crippen LogP contribution in [-0.4, -0.2) is 34.8 Å². The molecule has 0 aliphatic heterocycles. The number of carbonyl (C=O) groups excluding carboxylic acids is 1. The van der Waals surface area contributed by atoms with E-state index < -0.39 is 23.3 Å². The van der Waals surface area contributed by atoms with Gasteiger partial charge in [0.05, 0.1) is 16.4 Å². The first-order chi connectivity index (χ1) is 19.1. The third-order valence-electron chi connectivity index (χ3n) is 8.66. The van der Waals surface area contributed by atoms with Gasteiger partial charge in [0.1, 0.15) is 5.56 Å². The molecule has 4 fully saturated rings. The second kappa shape index (κ2) is 10.9. The van der Waals surface area contributed by atoms with Crippen molar-refractivity contribution >= 4 is 40.7 Å². The lowest BCUT2D eigenvalue weighted by Crippen LogP contribution is -2.55. The summed E-state index contributed by atoms with van der Waals surface area (Å²) in [5, 5.41) is 11.2. The van der Waals surface area contributed by atoms with Crippen molar-refractivity contribution < 1.29 is 18.0 Å². The van der Waals surface area contributed by atoms with Crippen molar-refractivity contribution in [3.63, 3.8) is 0 Å². The van der Waals surface area contributed by atoms with Crippen LogP contribution in [0.25, 0.3) is 16.9 Å². The summed E-state index contributed by atoms with van der Waals surface area (Å²) in [7, 11) is 0. The maximum atomic E-state index is 14.6. The third-order valence-corrected chi connectivity index (χ3v) is 9.45. The van der Waals surface area contributed by atoms with Crippen molar-refractivity contribution in [2.75, 3.05) is 13.1 Å². The molecule has 11 heteroatoms. The van der Waals surface area contributed by atoms with Crippen molar-refractivity contribution in [3.8, 4) is 16.9 Å². The Labute approximate surface area is 245 Å². The highest BCUT2D eigenvalue weighted by atomic mass is 35.5. The molecule has 0 radical (unpaired) electrons. The van der Waals surface area contributed by atoms with Gasteiger partial charge in [-0.05, 0) is 86.1 Å². The second-order valence-corrected chi connectivity index (χ2v) is 12.5. The highest BCUT2D eigenvalue weighted by Gasteiger charge is 2.48. The van der Waals surface area contributed by atoms with Crippen LogP contribution >= 0.6 is 34.8 Å². The number of halogens is 6. The Morgan fingerprint density at radius 2 is 1.52 bits per heavy atom. The molecule has 0 spiro atoms. The number of hydrogen-bond donors (Lipinski definition) is 2. The lowest BCUT2D eigenvalue weighted by Gasteiger charge is -2.54. The number of carbonyl (C=O) groups is 1. The van der Waals surface area contributed by atoms with Crippen molar-refractivity contribution in [3.05, 3.63) is 68.8 Å². The van der Waals surface area contributed by atoms with E-state index >= 15 is 0 Å². The maximum Gasteiger partial charge on any atom is 0.420 e. The fraction of sp³-hybridized carbons (Fsp3) is 0.448. The van der Waals surface area contributed by atoms with Gasteiger partial charge in [0.25, 0.3) is 5.91 Å². The Morgan fingerprint density at radius 1 is 0.900 bits per heavy atom. The summed E-state index contributed by atoms with van der Waals surface area (Å²) >= 11 is 18.4. The molecule has 7 rings (SSSR count). The Kier molecular flexibility index (Phi) is 7.57. The van der Waals surface area contributed by atoms with Crippen LogP contribution in [0.15, 0.2) is 42.5 Å². The molecular weight excluding hydrogens is 584 g/mol. The van der Waals surface area contributed by atoms with Gasteiger partial charge in [-0.1, -0.05) is 46.9 Å². The Morgan fingerprint density at radius 3 is 2.12 bits per heavy atom. The number of nitrogens with zero attached hydrogens (tertiary/aromatic N) is 2. The fourth-order valence-electron chi connectivity index (χ4n) is 7.30. The van der Waals surface area contributed by atoms with Crippen molar-refractivity contribution in [2.45, 2.75) is 44.3 Å². The van der Waals surface area contributed by atoms with Gasteiger partial charge in [0, 0.05) is 34.7 Å². The van der Waals surface area contributed by atoms with Gasteiger partial charge in [-0.25, -0.2) is 4.68 Å². The average Bonchev–Trinajstić information content (AvgIpc) is 3.29. The summed E-state index contributed by atoms with van der Waals surface area (Å²) in [5.74, 6) is 2.11. The molecular formula is C29H28Cl3F3N4O. The van der Waals surface area contributed by atoms with E-state index in [9.17, 15) is 18.0 Å². The van der Waals surface area contributed by atoms with Gasteiger partial charge < -0.3 is 10.6 Å². The van der Waals surface area contributed by atoms with Crippen molar-refractivity contribution in [1.29, 1.82) is 0 Å². The van der Waals surface area contributed by atoms with Crippen LogP contribution in [0.5, 0.6) is 0 Å².